The zero-order valence-corrected chi connectivity index (χ0v) is 13.9. The average Bonchev–Trinajstić information content (AvgIpc) is 2.57. The lowest BCUT2D eigenvalue weighted by Gasteiger charge is -2.30. The van der Waals surface area contributed by atoms with Crippen molar-refractivity contribution in [2.75, 3.05) is 13.1 Å². The molecule has 0 amide bonds. The maximum Gasteiger partial charge on any atom is 0.120 e. The maximum absolute atomic E-state index is 5.97. The van der Waals surface area contributed by atoms with Gasteiger partial charge in [0.1, 0.15) is 12.4 Å². The summed E-state index contributed by atoms with van der Waals surface area (Å²) in [6.07, 6.45) is 2.20. The third kappa shape index (κ3) is 4.81. The summed E-state index contributed by atoms with van der Waals surface area (Å²) < 4.78 is 5.94. The van der Waals surface area contributed by atoms with Gasteiger partial charge in [-0.1, -0.05) is 42.0 Å². The molecule has 2 aromatic carbocycles. The van der Waals surface area contributed by atoms with Crippen LogP contribution in [0, 0.1) is 6.92 Å². The van der Waals surface area contributed by atoms with Crippen LogP contribution in [0.3, 0.4) is 0 Å². The van der Waals surface area contributed by atoms with Gasteiger partial charge in [-0.05, 0) is 56.1 Å². The van der Waals surface area contributed by atoms with Gasteiger partial charge in [0.05, 0.1) is 0 Å². The van der Waals surface area contributed by atoms with Crippen LogP contribution in [0.4, 0.5) is 0 Å². The first-order valence-electron chi connectivity index (χ1n) is 8.44. The second-order valence-electron chi connectivity index (χ2n) is 6.54. The molecular weight excluding hydrogens is 284 g/mol. The van der Waals surface area contributed by atoms with Crippen molar-refractivity contribution in [2.45, 2.75) is 39.0 Å². The van der Waals surface area contributed by atoms with E-state index < -0.39 is 0 Å². The first kappa shape index (κ1) is 16.0. The molecule has 0 saturated carbocycles. The molecule has 2 aromatic rings. The lowest BCUT2D eigenvalue weighted by atomic mass is 10.1. The molecule has 1 heterocycles. The minimum Gasteiger partial charge on any atom is -0.489 e. The molecule has 3 rings (SSSR count). The minimum atomic E-state index is 0.385. The molecule has 0 bridgehead atoms. The van der Waals surface area contributed by atoms with Crippen LogP contribution in [0.2, 0.25) is 0 Å². The Labute approximate surface area is 139 Å². The van der Waals surface area contributed by atoms with Gasteiger partial charge in [0, 0.05) is 12.6 Å². The van der Waals surface area contributed by atoms with Crippen LogP contribution in [-0.2, 0) is 13.2 Å². The van der Waals surface area contributed by atoms with Gasteiger partial charge in [0.2, 0.25) is 0 Å². The second kappa shape index (κ2) is 7.62. The van der Waals surface area contributed by atoms with Gasteiger partial charge in [0.25, 0.3) is 0 Å². The van der Waals surface area contributed by atoms with Gasteiger partial charge in [-0.3, -0.25) is 4.90 Å². The molecule has 0 unspecified atom stereocenters. The molecule has 1 fully saturated rings. The lowest BCUT2D eigenvalue weighted by Crippen LogP contribution is -2.39. The monoisotopic (exact) mass is 310 g/mol. The second-order valence-corrected chi connectivity index (χ2v) is 6.54. The van der Waals surface area contributed by atoms with E-state index in [1.807, 2.05) is 6.07 Å². The number of hydrogen-bond acceptors (Lipinski definition) is 3. The Morgan fingerprint density at radius 2 is 1.78 bits per heavy atom. The van der Waals surface area contributed by atoms with Crippen LogP contribution >= 0.6 is 0 Å². The summed E-state index contributed by atoms with van der Waals surface area (Å²) in [6.45, 7) is 5.88. The van der Waals surface area contributed by atoms with Gasteiger partial charge in [-0.2, -0.15) is 0 Å². The summed E-state index contributed by atoms with van der Waals surface area (Å²) in [6, 6.07) is 17.3. The number of likely N-dealkylation sites (tertiary alicyclic amines) is 1. The van der Waals surface area contributed by atoms with Crippen molar-refractivity contribution in [3.63, 3.8) is 0 Å². The third-order valence-electron chi connectivity index (χ3n) is 4.46. The Balaban J connectivity index is 1.55. The quantitative estimate of drug-likeness (QED) is 0.918. The fourth-order valence-electron chi connectivity index (χ4n) is 2.95. The Kier molecular flexibility index (Phi) is 5.31. The van der Waals surface area contributed by atoms with E-state index in [-0.39, 0.29) is 0 Å². The zero-order valence-electron chi connectivity index (χ0n) is 13.9. The lowest BCUT2D eigenvalue weighted by molar-refractivity contribution is 0.205. The van der Waals surface area contributed by atoms with Crippen molar-refractivity contribution >= 4 is 0 Å². The van der Waals surface area contributed by atoms with Gasteiger partial charge >= 0.3 is 0 Å². The number of hydrogen-bond donors (Lipinski definition) is 1. The van der Waals surface area contributed by atoms with E-state index in [4.69, 9.17) is 10.5 Å². The van der Waals surface area contributed by atoms with Crippen molar-refractivity contribution in [1.29, 1.82) is 0 Å². The van der Waals surface area contributed by atoms with Gasteiger partial charge in [-0.25, -0.2) is 0 Å². The van der Waals surface area contributed by atoms with Crippen LogP contribution < -0.4 is 10.5 Å². The topological polar surface area (TPSA) is 38.5 Å². The van der Waals surface area contributed by atoms with Gasteiger partial charge in [0.15, 0.2) is 0 Å². The van der Waals surface area contributed by atoms with Crippen molar-refractivity contribution in [3.05, 3.63) is 65.2 Å². The normalized spacial score (nSPS) is 16.4. The number of nitrogens with two attached hydrogens (primary N) is 1. The molecule has 1 saturated heterocycles. The molecule has 23 heavy (non-hydrogen) atoms. The first-order valence-corrected chi connectivity index (χ1v) is 8.44. The SMILES string of the molecule is Cc1ccc(COc2cccc(CN3CCC(N)CC3)c2)cc1. The van der Waals surface area contributed by atoms with Crippen LogP contribution in [0.1, 0.15) is 29.5 Å². The molecular formula is C20H26N2O. The molecule has 122 valence electrons. The van der Waals surface area contributed by atoms with Gasteiger partial charge in [-0.15, -0.1) is 0 Å². The predicted octanol–water partition coefficient (Wildman–Crippen LogP) is 3.50. The molecule has 0 aliphatic carbocycles. The Hall–Kier alpha value is -1.84. The van der Waals surface area contributed by atoms with Crippen molar-refractivity contribution in [2.24, 2.45) is 5.73 Å². The van der Waals surface area contributed by atoms with Crippen molar-refractivity contribution in [3.8, 4) is 5.75 Å². The third-order valence-corrected chi connectivity index (χ3v) is 4.46. The van der Waals surface area contributed by atoms with E-state index in [0.717, 1.165) is 38.2 Å². The van der Waals surface area contributed by atoms with E-state index in [1.54, 1.807) is 0 Å². The highest BCUT2D eigenvalue weighted by Crippen LogP contribution is 2.18. The van der Waals surface area contributed by atoms with Crippen molar-refractivity contribution < 1.29 is 4.74 Å². The molecule has 0 radical (unpaired) electrons. The molecule has 0 aromatic heterocycles. The van der Waals surface area contributed by atoms with E-state index in [1.165, 1.54) is 16.7 Å². The summed E-state index contributed by atoms with van der Waals surface area (Å²) >= 11 is 0. The summed E-state index contributed by atoms with van der Waals surface area (Å²) in [7, 11) is 0. The fraction of sp³-hybridized carbons (Fsp3) is 0.400. The summed E-state index contributed by atoms with van der Waals surface area (Å²) in [5.74, 6) is 0.941. The molecule has 2 N–H and O–H groups in total. The highest BCUT2D eigenvalue weighted by Gasteiger charge is 2.16. The number of nitrogens with zero attached hydrogens (tertiary/aromatic N) is 1. The first-order chi connectivity index (χ1) is 11.2. The maximum atomic E-state index is 5.97. The molecule has 1 aliphatic rings. The Bertz CT molecular complexity index is 616. The molecule has 3 nitrogen and oxygen atoms in total. The predicted molar refractivity (Wildman–Crippen MR) is 94.4 cm³/mol. The highest BCUT2D eigenvalue weighted by molar-refractivity contribution is 5.29. The van der Waals surface area contributed by atoms with Gasteiger partial charge < -0.3 is 10.5 Å². The number of piperidine rings is 1. The smallest absolute Gasteiger partial charge is 0.120 e. The number of aryl methyl sites for hydroxylation is 1. The van der Waals surface area contributed by atoms with E-state index in [9.17, 15) is 0 Å². The molecule has 1 aliphatic heterocycles. The number of benzene rings is 2. The summed E-state index contributed by atoms with van der Waals surface area (Å²) in [5.41, 5.74) is 9.75. The zero-order chi connectivity index (χ0) is 16.1. The highest BCUT2D eigenvalue weighted by atomic mass is 16.5. The van der Waals surface area contributed by atoms with Crippen LogP contribution in [0.25, 0.3) is 0 Å². The summed E-state index contributed by atoms with van der Waals surface area (Å²) in [4.78, 5) is 2.47. The number of rotatable bonds is 5. The van der Waals surface area contributed by atoms with Crippen molar-refractivity contribution in [1.82, 2.24) is 4.90 Å². The van der Waals surface area contributed by atoms with E-state index in [0.29, 0.717) is 12.6 Å². The summed E-state index contributed by atoms with van der Waals surface area (Å²) in [5, 5.41) is 0. The Morgan fingerprint density at radius 3 is 2.52 bits per heavy atom. The van der Waals surface area contributed by atoms with Crippen LogP contribution in [0.15, 0.2) is 48.5 Å². The van der Waals surface area contributed by atoms with Crippen LogP contribution in [0.5, 0.6) is 5.75 Å². The standard InChI is InChI=1S/C20H26N2O/c1-16-5-7-17(8-6-16)15-23-20-4-2-3-18(13-20)14-22-11-9-19(21)10-12-22/h2-8,13,19H,9-12,14-15,21H2,1H3. The Morgan fingerprint density at radius 1 is 1.04 bits per heavy atom. The molecule has 3 heteroatoms. The molecule has 0 spiro atoms. The minimum absolute atomic E-state index is 0.385. The fourth-order valence-corrected chi connectivity index (χ4v) is 2.95. The van der Waals surface area contributed by atoms with E-state index in [2.05, 4.69) is 54.3 Å². The molecule has 0 atom stereocenters. The largest absolute Gasteiger partial charge is 0.489 e. The van der Waals surface area contributed by atoms with Crippen LogP contribution in [-0.4, -0.2) is 24.0 Å². The van der Waals surface area contributed by atoms with E-state index >= 15 is 0 Å². The number of ether oxygens (including phenoxy) is 1. The average molecular weight is 310 g/mol.